The van der Waals surface area contributed by atoms with Crippen LogP contribution in [0.1, 0.15) is 38.2 Å². The van der Waals surface area contributed by atoms with E-state index in [1.54, 1.807) is 31.2 Å². The highest BCUT2D eigenvalue weighted by Gasteiger charge is 2.22. The lowest BCUT2D eigenvalue weighted by atomic mass is 10.2. The summed E-state index contributed by atoms with van der Waals surface area (Å²) in [6, 6.07) is 5.22. The Bertz CT molecular complexity index is 610. The molecule has 1 aromatic carbocycles. The quantitative estimate of drug-likeness (QED) is 0.641. The molecule has 1 aromatic rings. The third-order valence-corrected chi connectivity index (χ3v) is 4.46. The first-order valence-electron chi connectivity index (χ1n) is 7.60. The van der Waals surface area contributed by atoms with Gasteiger partial charge in [0.25, 0.3) is 5.91 Å². The molecule has 1 aliphatic rings. The lowest BCUT2D eigenvalue weighted by molar-refractivity contribution is -0.150. The number of esters is 1. The van der Waals surface area contributed by atoms with Crippen molar-refractivity contribution in [3.05, 3.63) is 39.9 Å². The SMILES string of the molecule is C[C@H](OC(=O)/C=C/c1ccc(Cl)c(Cl)c1)C(=O)NC1CCCC1. The number of hydrogen-bond donors (Lipinski definition) is 1. The van der Waals surface area contributed by atoms with Crippen LogP contribution in [0.4, 0.5) is 0 Å². The molecular weight excluding hydrogens is 337 g/mol. The monoisotopic (exact) mass is 355 g/mol. The maximum absolute atomic E-state index is 11.9. The summed E-state index contributed by atoms with van der Waals surface area (Å²) in [5.41, 5.74) is 0.722. The zero-order valence-electron chi connectivity index (χ0n) is 12.9. The van der Waals surface area contributed by atoms with Crippen molar-refractivity contribution >= 4 is 41.2 Å². The highest BCUT2D eigenvalue weighted by atomic mass is 35.5. The minimum absolute atomic E-state index is 0.204. The second-order valence-electron chi connectivity index (χ2n) is 5.58. The smallest absolute Gasteiger partial charge is 0.331 e. The van der Waals surface area contributed by atoms with Crippen LogP contribution in [0.15, 0.2) is 24.3 Å². The van der Waals surface area contributed by atoms with E-state index >= 15 is 0 Å². The zero-order chi connectivity index (χ0) is 16.8. The summed E-state index contributed by atoms with van der Waals surface area (Å²) in [5.74, 6) is -0.835. The molecule has 1 N–H and O–H groups in total. The van der Waals surface area contributed by atoms with Gasteiger partial charge in [-0.1, -0.05) is 42.1 Å². The first-order chi connectivity index (χ1) is 11.0. The van der Waals surface area contributed by atoms with Gasteiger partial charge < -0.3 is 10.1 Å². The Labute approximate surface area is 145 Å². The van der Waals surface area contributed by atoms with E-state index in [9.17, 15) is 9.59 Å². The van der Waals surface area contributed by atoms with E-state index in [4.69, 9.17) is 27.9 Å². The maximum Gasteiger partial charge on any atom is 0.331 e. The lowest BCUT2D eigenvalue weighted by Gasteiger charge is -2.16. The molecule has 0 spiro atoms. The van der Waals surface area contributed by atoms with Gasteiger partial charge in [0, 0.05) is 12.1 Å². The highest BCUT2D eigenvalue weighted by molar-refractivity contribution is 6.42. The van der Waals surface area contributed by atoms with Crippen LogP contribution in [0.25, 0.3) is 6.08 Å². The van der Waals surface area contributed by atoms with Crippen LogP contribution in [0.5, 0.6) is 0 Å². The van der Waals surface area contributed by atoms with Crippen molar-refractivity contribution in [3.63, 3.8) is 0 Å². The van der Waals surface area contributed by atoms with Gasteiger partial charge in [0.1, 0.15) is 0 Å². The lowest BCUT2D eigenvalue weighted by Crippen LogP contribution is -2.40. The number of ether oxygens (including phenoxy) is 1. The molecule has 1 aliphatic carbocycles. The largest absolute Gasteiger partial charge is 0.449 e. The van der Waals surface area contributed by atoms with Crippen LogP contribution >= 0.6 is 23.2 Å². The molecule has 0 aromatic heterocycles. The summed E-state index contributed by atoms with van der Waals surface area (Å²) >= 11 is 11.7. The minimum Gasteiger partial charge on any atom is -0.449 e. The Morgan fingerprint density at radius 3 is 2.61 bits per heavy atom. The van der Waals surface area contributed by atoms with E-state index in [-0.39, 0.29) is 11.9 Å². The van der Waals surface area contributed by atoms with Crippen LogP contribution in [0, 0.1) is 0 Å². The fourth-order valence-electron chi connectivity index (χ4n) is 2.44. The molecule has 1 saturated carbocycles. The molecule has 0 heterocycles. The van der Waals surface area contributed by atoms with Gasteiger partial charge in [0.15, 0.2) is 6.10 Å². The van der Waals surface area contributed by atoms with Gasteiger partial charge in [-0.3, -0.25) is 4.79 Å². The third-order valence-electron chi connectivity index (χ3n) is 3.72. The van der Waals surface area contributed by atoms with Crippen molar-refractivity contribution in [1.82, 2.24) is 5.32 Å². The number of nitrogens with one attached hydrogen (secondary N) is 1. The second-order valence-corrected chi connectivity index (χ2v) is 6.39. The molecule has 23 heavy (non-hydrogen) atoms. The average Bonchev–Trinajstić information content (AvgIpc) is 3.01. The van der Waals surface area contributed by atoms with E-state index in [0.29, 0.717) is 10.0 Å². The Morgan fingerprint density at radius 1 is 1.26 bits per heavy atom. The molecule has 0 bridgehead atoms. The van der Waals surface area contributed by atoms with Crippen molar-refractivity contribution in [2.24, 2.45) is 0 Å². The predicted octanol–water partition coefficient (Wildman–Crippen LogP) is 4.00. The molecule has 2 rings (SSSR count). The number of amides is 1. The summed E-state index contributed by atoms with van der Waals surface area (Å²) < 4.78 is 5.10. The van der Waals surface area contributed by atoms with Crippen LogP contribution in [-0.4, -0.2) is 24.0 Å². The molecule has 1 amide bonds. The number of benzene rings is 1. The molecule has 0 aliphatic heterocycles. The molecule has 0 saturated heterocycles. The van der Waals surface area contributed by atoms with Gasteiger partial charge in [-0.2, -0.15) is 0 Å². The van der Waals surface area contributed by atoms with Gasteiger partial charge in [0.05, 0.1) is 10.0 Å². The first-order valence-corrected chi connectivity index (χ1v) is 8.35. The fourth-order valence-corrected chi connectivity index (χ4v) is 2.74. The average molecular weight is 356 g/mol. The van der Waals surface area contributed by atoms with Crippen LogP contribution in [0.2, 0.25) is 10.0 Å². The van der Waals surface area contributed by atoms with Crippen molar-refractivity contribution in [2.75, 3.05) is 0 Å². The predicted molar refractivity (Wildman–Crippen MR) is 91.4 cm³/mol. The molecule has 1 atom stereocenters. The molecule has 0 unspecified atom stereocenters. The van der Waals surface area contributed by atoms with Crippen molar-refractivity contribution in [1.29, 1.82) is 0 Å². The van der Waals surface area contributed by atoms with Crippen LogP contribution < -0.4 is 5.32 Å². The molecule has 6 heteroatoms. The van der Waals surface area contributed by atoms with Crippen molar-refractivity contribution in [2.45, 2.75) is 44.8 Å². The van der Waals surface area contributed by atoms with Gasteiger partial charge in [-0.05, 0) is 43.5 Å². The molecule has 4 nitrogen and oxygen atoms in total. The van der Waals surface area contributed by atoms with Crippen LogP contribution in [-0.2, 0) is 14.3 Å². The van der Waals surface area contributed by atoms with E-state index in [1.807, 2.05) is 0 Å². The minimum atomic E-state index is -0.818. The standard InChI is InChI=1S/C17H19Cl2NO3/c1-11(17(22)20-13-4-2-3-5-13)23-16(21)9-7-12-6-8-14(18)15(19)10-12/h6-11,13H,2-5H2,1H3,(H,20,22)/b9-7+/t11-/m0/s1. The first kappa shape index (κ1) is 17.8. The summed E-state index contributed by atoms with van der Waals surface area (Å²) in [6.45, 7) is 1.56. The number of carbonyl (C=O) groups is 2. The number of halogens is 2. The highest BCUT2D eigenvalue weighted by Crippen LogP contribution is 2.23. The normalized spacial score (nSPS) is 16.5. The van der Waals surface area contributed by atoms with Gasteiger partial charge in [0.2, 0.25) is 0 Å². The number of hydrogen-bond acceptors (Lipinski definition) is 3. The number of carbonyl (C=O) groups excluding carboxylic acids is 2. The zero-order valence-corrected chi connectivity index (χ0v) is 14.4. The summed E-state index contributed by atoms with van der Waals surface area (Å²) in [5, 5.41) is 3.76. The van der Waals surface area contributed by atoms with E-state index in [2.05, 4.69) is 5.32 Å². The molecule has 0 radical (unpaired) electrons. The van der Waals surface area contributed by atoms with Gasteiger partial charge >= 0.3 is 5.97 Å². The Morgan fingerprint density at radius 2 is 1.96 bits per heavy atom. The summed E-state index contributed by atoms with van der Waals surface area (Å²) in [7, 11) is 0. The van der Waals surface area contributed by atoms with E-state index < -0.39 is 12.1 Å². The topological polar surface area (TPSA) is 55.4 Å². The third kappa shape index (κ3) is 5.56. The van der Waals surface area contributed by atoms with Crippen molar-refractivity contribution < 1.29 is 14.3 Å². The summed E-state index contributed by atoms with van der Waals surface area (Å²) in [6.07, 6.45) is 6.25. The number of rotatable bonds is 5. The Balaban J connectivity index is 1.83. The molecule has 1 fully saturated rings. The van der Waals surface area contributed by atoms with E-state index in [0.717, 1.165) is 31.2 Å². The molecular formula is C17H19Cl2NO3. The van der Waals surface area contributed by atoms with E-state index in [1.165, 1.54) is 6.08 Å². The Hall–Kier alpha value is -1.52. The van der Waals surface area contributed by atoms with Gasteiger partial charge in [-0.25, -0.2) is 4.79 Å². The maximum atomic E-state index is 11.9. The molecule has 124 valence electrons. The van der Waals surface area contributed by atoms with Gasteiger partial charge in [-0.15, -0.1) is 0 Å². The van der Waals surface area contributed by atoms with Crippen molar-refractivity contribution in [3.8, 4) is 0 Å². The second kappa shape index (κ2) is 8.37. The van der Waals surface area contributed by atoms with Crippen LogP contribution in [0.3, 0.4) is 0 Å². The fraction of sp³-hybridized carbons (Fsp3) is 0.412. The Kier molecular flexibility index (Phi) is 6.48. The summed E-state index contributed by atoms with van der Waals surface area (Å²) in [4.78, 5) is 23.7.